The standard InChI is InChI=1S/C21H21Cl3O3/c1-20(2,11-12-21(22,23)24)14-19(25)26-15-16-7-6-10-18(13-16)27-17-8-4-3-5-9-17/h3-13H,14-15H2,1-2H3. The number of allylic oxidation sites excluding steroid dienone is 2. The lowest BCUT2D eigenvalue weighted by Gasteiger charge is -2.20. The molecule has 0 saturated carbocycles. The van der Waals surface area contributed by atoms with E-state index in [4.69, 9.17) is 44.3 Å². The fraction of sp³-hybridized carbons (Fsp3) is 0.286. The van der Waals surface area contributed by atoms with Crippen LogP contribution in [-0.2, 0) is 16.1 Å². The molecule has 0 aliphatic heterocycles. The summed E-state index contributed by atoms with van der Waals surface area (Å²) in [7, 11) is 0. The molecule has 2 aromatic carbocycles. The van der Waals surface area contributed by atoms with Gasteiger partial charge in [0.2, 0.25) is 3.79 Å². The summed E-state index contributed by atoms with van der Waals surface area (Å²) < 4.78 is 9.67. The van der Waals surface area contributed by atoms with Gasteiger partial charge in [-0.3, -0.25) is 4.79 Å². The second-order valence-corrected chi connectivity index (χ2v) is 9.13. The maximum atomic E-state index is 12.1. The van der Waals surface area contributed by atoms with E-state index in [-0.39, 0.29) is 19.0 Å². The van der Waals surface area contributed by atoms with Gasteiger partial charge in [-0.05, 0) is 41.3 Å². The van der Waals surface area contributed by atoms with Crippen molar-refractivity contribution in [2.45, 2.75) is 30.7 Å². The van der Waals surface area contributed by atoms with Gasteiger partial charge < -0.3 is 9.47 Å². The summed E-state index contributed by atoms with van der Waals surface area (Å²) in [4.78, 5) is 12.1. The van der Waals surface area contributed by atoms with E-state index in [1.807, 2.05) is 68.4 Å². The van der Waals surface area contributed by atoms with Crippen LogP contribution in [0.25, 0.3) is 0 Å². The molecule has 0 aliphatic carbocycles. The molecule has 6 heteroatoms. The first kappa shape index (κ1) is 21.6. The molecule has 0 atom stereocenters. The molecule has 2 rings (SSSR count). The van der Waals surface area contributed by atoms with Crippen molar-refractivity contribution < 1.29 is 14.3 Å². The third kappa shape index (κ3) is 8.70. The Kier molecular flexibility index (Phi) is 7.60. The number of rotatable bonds is 7. The van der Waals surface area contributed by atoms with Gasteiger partial charge in [0.1, 0.15) is 18.1 Å². The second-order valence-electron chi connectivity index (χ2n) is 6.76. The number of hydrogen-bond donors (Lipinski definition) is 0. The first-order chi connectivity index (χ1) is 12.6. The molecule has 2 aromatic rings. The number of alkyl halides is 3. The zero-order valence-electron chi connectivity index (χ0n) is 15.1. The molecule has 0 saturated heterocycles. The van der Waals surface area contributed by atoms with Crippen LogP contribution in [0.4, 0.5) is 0 Å². The van der Waals surface area contributed by atoms with E-state index in [0.29, 0.717) is 5.75 Å². The van der Waals surface area contributed by atoms with E-state index in [2.05, 4.69) is 0 Å². The van der Waals surface area contributed by atoms with E-state index in [1.165, 1.54) is 6.08 Å². The van der Waals surface area contributed by atoms with Gasteiger partial charge in [0.15, 0.2) is 0 Å². The number of para-hydroxylation sites is 1. The van der Waals surface area contributed by atoms with Crippen molar-refractivity contribution in [1.29, 1.82) is 0 Å². The fourth-order valence-corrected chi connectivity index (χ4v) is 2.48. The van der Waals surface area contributed by atoms with Crippen LogP contribution in [0.2, 0.25) is 0 Å². The Morgan fingerprint density at radius 2 is 1.63 bits per heavy atom. The Morgan fingerprint density at radius 3 is 2.30 bits per heavy atom. The molecular formula is C21H21Cl3O3. The summed E-state index contributed by atoms with van der Waals surface area (Å²) >= 11 is 17.1. The largest absolute Gasteiger partial charge is 0.461 e. The molecule has 0 aromatic heterocycles. The molecule has 27 heavy (non-hydrogen) atoms. The Balaban J connectivity index is 1.89. The predicted molar refractivity (Wildman–Crippen MR) is 111 cm³/mol. The van der Waals surface area contributed by atoms with Crippen LogP contribution in [-0.4, -0.2) is 9.76 Å². The van der Waals surface area contributed by atoms with Gasteiger partial charge in [0.25, 0.3) is 0 Å². The van der Waals surface area contributed by atoms with Gasteiger partial charge in [-0.15, -0.1) is 0 Å². The summed E-state index contributed by atoms with van der Waals surface area (Å²) in [6.45, 7) is 3.90. The van der Waals surface area contributed by atoms with Crippen LogP contribution in [0.1, 0.15) is 25.8 Å². The van der Waals surface area contributed by atoms with E-state index in [0.717, 1.165) is 11.3 Å². The van der Waals surface area contributed by atoms with Crippen molar-refractivity contribution in [3.05, 3.63) is 72.3 Å². The Labute approximate surface area is 174 Å². The summed E-state index contributed by atoms with van der Waals surface area (Å²) in [5.41, 5.74) is 0.352. The normalized spacial score (nSPS) is 12.2. The van der Waals surface area contributed by atoms with Crippen LogP contribution in [0.5, 0.6) is 11.5 Å². The van der Waals surface area contributed by atoms with Crippen molar-refractivity contribution in [3.63, 3.8) is 0 Å². The molecule has 0 spiro atoms. The fourth-order valence-electron chi connectivity index (χ4n) is 2.29. The highest BCUT2D eigenvalue weighted by Crippen LogP contribution is 2.31. The molecule has 0 fully saturated rings. The molecule has 3 nitrogen and oxygen atoms in total. The first-order valence-electron chi connectivity index (χ1n) is 8.38. The average Bonchev–Trinajstić information content (AvgIpc) is 2.59. The Hall–Kier alpha value is -1.68. The SMILES string of the molecule is CC(C)(C=CC(Cl)(Cl)Cl)CC(=O)OCc1cccc(Oc2ccccc2)c1. The van der Waals surface area contributed by atoms with Crippen LogP contribution >= 0.6 is 34.8 Å². The zero-order valence-corrected chi connectivity index (χ0v) is 17.4. The average molecular weight is 428 g/mol. The number of esters is 1. The van der Waals surface area contributed by atoms with Gasteiger partial charge in [0.05, 0.1) is 6.42 Å². The van der Waals surface area contributed by atoms with Gasteiger partial charge >= 0.3 is 5.97 Å². The third-order valence-corrected chi connectivity index (χ3v) is 3.98. The number of halogens is 3. The minimum absolute atomic E-state index is 0.162. The lowest BCUT2D eigenvalue weighted by Crippen LogP contribution is -2.17. The molecule has 0 amide bonds. The van der Waals surface area contributed by atoms with Crippen molar-refractivity contribution in [2.75, 3.05) is 0 Å². The molecule has 0 heterocycles. The second kappa shape index (κ2) is 9.50. The number of hydrogen-bond acceptors (Lipinski definition) is 3. The van der Waals surface area contributed by atoms with Gasteiger partial charge in [-0.2, -0.15) is 0 Å². The quantitative estimate of drug-likeness (QED) is 0.275. The van der Waals surface area contributed by atoms with Crippen LogP contribution in [0.3, 0.4) is 0 Å². The zero-order chi connectivity index (χ0) is 19.9. The smallest absolute Gasteiger partial charge is 0.306 e. The van der Waals surface area contributed by atoms with Crippen LogP contribution in [0, 0.1) is 5.41 Å². The number of carbonyl (C=O) groups excluding carboxylic acids is 1. The van der Waals surface area contributed by atoms with Crippen LogP contribution in [0.15, 0.2) is 66.7 Å². The van der Waals surface area contributed by atoms with E-state index in [9.17, 15) is 4.79 Å². The van der Waals surface area contributed by atoms with Crippen molar-refractivity contribution >= 4 is 40.8 Å². The minimum Gasteiger partial charge on any atom is -0.461 e. The number of ether oxygens (including phenoxy) is 2. The van der Waals surface area contributed by atoms with Gasteiger partial charge in [0, 0.05) is 0 Å². The van der Waals surface area contributed by atoms with E-state index >= 15 is 0 Å². The third-order valence-electron chi connectivity index (χ3n) is 3.60. The molecule has 0 bridgehead atoms. The topological polar surface area (TPSA) is 35.5 Å². The molecule has 0 radical (unpaired) electrons. The lowest BCUT2D eigenvalue weighted by atomic mass is 9.89. The predicted octanol–water partition coefficient (Wildman–Crippen LogP) is 6.86. The number of benzene rings is 2. The minimum atomic E-state index is -1.49. The van der Waals surface area contributed by atoms with Crippen molar-refractivity contribution in [2.24, 2.45) is 5.41 Å². The molecule has 0 aliphatic rings. The van der Waals surface area contributed by atoms with Gasteiger partial charge in [-0.25, -0.2) is 0 Å². The summed E-state index contributed by atoms with van der Waals surface area (Å²) in [5.74, 6) is 1.10. The van der Waals surface area contributed by atoms with Crippen LogP contribution < -0.4 is 4.74 Å². The highest BCUT2D eigenvalue weighted by atomic mass is 35.6. The molecule has 0 unspecified atom stereocenters. The van der Waals surface area contributed by atoms with Crippen molar-refractivity contribution in [3.8, 4) is 11.5 Å². The monoisotopic (exact) mass is 426 g/mol. The molecule has 0 N–H and O–H groups in total. The maximum Gasteiger partial charge on any atom is 0.306 e. The maximum absolute atomic E-state index is 12.1. The molecule has 144 valence electrons. The lowest BCUT2D eigenvalue weighted by molar-refractivity contribution is -0.146. The van der Waals surface area contributed by atoms with E-state index < -0.39 is 9.21 Å². The summed E-state index contributed by atoms with van der Waals surface area (Å²) in [6, 6.07) is 16.9. The number of carbonyl (C=O) groups is 1. The molecular weight excluding hydrogens is 407 g/mol. The first-order valence-corrected chi connectivity index (χ1v) is 9.51. The van der Waals surface area contributed by atoms with Crippen molar-refractivity contribution in [1.82, 2.24) is 0 Å². The summed E-state index contributed by atoms with van der Waals surface area (Å²) in [5, 5.41) is 0. The Bertz CT molecular complexity index is 781. The van der Waals surface area contributed by atoms with E-state index in [1.54, 1.807) is 6.08 Å². The van der Waals surface area contributed by atoms with Gasteiger partial charge in [-0.1, -0.05) is 85.1 Å². The highest BCUT2D eigenvalue weighted by molar-refractivity contribution is 6.68. The highest BCUT2D eigenvalue weighted by Gasteiger charge is 2.23. The summed E-state index contributed by atoms with van der Waals surface area (Å²) in [6.07, 6.45) is 3.31. The Morgan fingerprint density at radius 1 is 0.963 bits per heavy atom.